The van der Waals surface area contributed by atoms with E-state index in [0.29, 0.717) is 31.3 Å². The molecule has 0 fully saturated rings. The second-order valence-corrected chi connectivity index (χ2v) is 33.6. The van der Waals surface area contributed by atoms with Crippen molar-refractivity contribution in [3.8, 4) is 0 Å². The average molecular weight is 1590 g/mol. The van der Waals surface area contributed by atoms with Crippen LogP contribution < -0.4 is 52.2 Å². The molecule has 3 amide bonds. The minimum absolute atomic E-state index is 0. The maximum absolute atomic E-state index is 13.0. The first kappa shape index (κ1) is 109. The molecular weight excluding hydrogens is 1450 g/mol. The van der Waals surface area contributed by atoms with E-state index >= 15 is 0 Å². The monoisotopic (exact) mass is 1590 g/mol. The van der Waals surface area contributed by atoms with Crippen molar-refractivity contribution >= 4 is 58.4 Å². The molecule has 109 heavy (non-hydrogen) atoms. The lowest BCUT2D eigenvalue weighted by Crippen LogP contribution is -3.00. The fraction of sp³-hybridized carbons (Fsp3) is 0.632. The van der Waals surface area contributed by atoms with Gasteiger partial charge < -0.3 is 81.4 Å². The Balaban J connectivity index is -0.000000648. The fourth-order valence-electron chi connectivity index (χ4n) is 11.4. The lowest BCUT2D eigenvalue weighted by molar-refractivity contribution is -0.432. The number of nitrogens with one attached hydrogen (secondary N) is 3. The summed E-state index contributed by atoms with van der Waals surface area (Å²) in [5.74, 6) is 0.354. The van der Waals surface area contributed by atoms with Gasteiger partial charge in [-0.2, -0.15) is 0 Å². The Morgan fingerprint density at radius 2 is 0.725 bits per heavy atom. The maximum Gasteiger partial charge on any atom is 0.408 e. The smallest absolute Gasteiger partial charge is 0.408 e. The number of hydrogen-bond donors (Lipinski definition) is 7. The average Bonchev–Trinajstić information content (AvgIpc) is 0.827. The minimum Gasteiger partial charge on any atom is -1.00 e. The van der Waals surface area contributed by atoms with E-state index in [9.17, 15) is 43.5 Å². The van der Waals surface area contributed by atoms with Crippen LogP contribution in [0.2, 0.25) is 0 Å². The molecule has 0 aromatic heterocycles. The van der Waals surface area contributed by atoms with E-state index in [1.54, 1.807) is 55.4 Å². The number of benzene rings is 4. The van der Waals surface area contributed by atoms with E-state index in [4.69, 9.17) is 35.7 Å². The van der Waals surface area contributed by atoms with Crippen LogP contribution in [-0.2, 0) is 52.5 Å². The topological polar surface area (TPSA) is 305 Å². The van der Waals surface area contributed by atoms with E-state index in [0.717, 1.165) is 29.4 Å². The van der Waals surface area contributed by atoms with Gasteiger partial charge in [-0.25, -0.2) is 4.79 Å². The molecule has 0 saturated carbocycles. The van der Waals surface area contributed by atoms with E-state index in [1.807, 2.05) is 197 Å². The third-order valence-corrected chi connectivity index (χ3v) is 21.5. The largest absolute Gasteiger partial charge is 1.00 e. The first-order valence-electron chi connectivity index (χ1n) is 38.1. The number of esters is 3. The maximum atomic E-state index is 13.0. The zero-order chi connectivity index (χ0) is 83.3. The highest BCUT2D eigenvalue weighted by Gasteiger charge is 2.44. The summed E-state index contributed by atoms with van der Waals surface area (Å²) in [7, 11) is 1.00. The molecule has 11 N–H and O–H groups in total. The SMILES string of the molecule is CC(C)(C)OC(=O)N[C@H](CO)c1ccccc1.CC(C)C(C)(C(=O)CC[C@@H](NC(=O)[C@@H](C)[NH3+])c1ccccc1)C(C)C.CC(C)C(C)(C(=O)Cl)C(C)C.CC(C)C(C)(C(=O)OC[C@@H](NC(=O)[C@@H](C)CC(=O)OC(C)(C)C)c1ccccc1)C(C)C.CC(C)C(C)(C(=O)OC[C@@H]([NH3+])c1ccccc1)C(C)C.CO.[Cl-].[Cl-]. The van der Waals surface area contributed by atoms with Gasteiger partial charge in [0.05, 0.1) is 42.0 Å². The molecule has 0 unspecified atom stereocenters. The van der Waals surface area contributed by atoms with Crippen LogP contribution in [0.5, 0.6) is 0 Å². The van der Waals surface area contributed by atoms with Gasteiger partial charge in [-0.1, -0.05) is 253 Å². The first-order chi connectivity index (χ1) is 49.3. The van der Waals surface area contributed by atoms with Gasteiger partial charge in [0.2, 0.25) is 11.1 Å². The van der Waals surface area contributed by atoms with Crippen LogP contribution in [-0.4, -0.2) is 101 Å². The summed E-state index contributed by atoms with van der Waals surface area (Å²) in [6, 6.07) is 37.0. The van der Waals surface area contributed by atoms with Crippen molar-refractivity contribution < 1.29 is 104 Å². The zero-order valence-corrected chi connectivity index (χ0v) is 74.0. The Morgan fingerprint density at radius 3 is 1.03 bits per heavy atom. The predicted molar refractivity (Wildman–Crippen MR) is 431 cm³/mol. The second kappa shape index (κ2) is 52.0. The molecular formula is C87H144Cl3N5O14. The Bertz CT molecular complexity index is 3200. The molecule has 0 aliphatic heterocycles. The van der Waals surface area contributed by atoms with Crippen LogP contribution in [0, 0.1) is 74.9 Å². The number of carbonyl (C=O) groups is 8. The number of alkyl carbamates (subject to hydrolysis) is 1. The van der Waals surface area contributed by atoms with Crippen LogP contribution in [0.4, 0.5) is 4.79 Å². The molecule has 0 aliphatic rings. The molecule has 19 nitrogen and oxygen atoms in total. The summed E-state index contributed by atoms with van der Waals surface area (Å²) < 4.78 is 21.7. The van der Waals surface area contributed by atoms with Gasteiger partial charge in [0.1, 0.15) is 36.2 Å². The molecule has 4 rings (SSSR count). The number of hydrogen-bond acceptors (Lipinski definition) is 14. The lowest BCUT2D eigenvalue weighted by atomic mass is 9.66. The van der Waals surface area contributed by atoms with Crippen molar-refractivity contribution in [2.24, 2.45) is 74.9 Å². The molecule has 0 radical (unpaired) electrons. The van der Waals surface area contributed by atoms with Gasteiger partial charge >= 0.3 is 24.0 Å². The van der Waals surface area contributed by atoms with Gasteiger partial charge in [-0.3, -0.25) is 33.6 Å². The van der Waals surface area contributed by atoms with Crippen molar-refractivity contribution in [2.45, 2.75) is 255 Å². The lowest BCUT2D eigenvalue weighted by Gasteiger charge is -2.36. The van der Waals surface area contributed by atoms with Gasteiger partial charge in [-0.05, 0) is 144 Å². The van der Waals surface area contributed by atoms with Gasteiger partial charge in [-0.15, -0.1) is 0 Å². The Kier molecular flexibility index (Phi) is 51.9. The summed E-state index contributed by atoms with van der Waals surface area (Å²) in [6.45, 7) is 55.2. The standard InChI is InChI=1S/C26H41NO5.C21H34N2O2.C17H27NO2.C13H19NO3.C9H17ClO.CH4O.2ClH/c1-17(2)26(9,18(3)4)24(30)31-16-21(20-13-11-10-12-14-20)27-23(29)19(5)15-22(28)32-25(6,7)8;1-14(2)21(6,15(3)4)19(24)13-12-18(23-20(25)16(5)22)17-10-8-7-9-11-17;1-12(2)17(5,13(3)4)16(19)20-11-15(18)14-9-7-6-8-10-14;1-13(2,3)17-12(16)14-11(9-15)10-7-5-4-6-8-10;1-6(2)9(5,7(3)4)8(10)11;1-2;;/h10-14,17-19,21H,15-16H2,1-9H3,(H,27,29);7-11,14-16,18H,12-13,22H2,1-6H3,(H,23,25);6-10,12-13,15H,11,18H2,1-5H3;4-8,11,15H,9H2,1-3H3,(H,14,16);6-7H,1-5H3;2H,1H3;2*1H/t19-,21+;16-,18-;15-;11-;;;;/m0111..../s1. The number of quaternary nitrogens is 2. The van der Waals surface area contributed by atoms with Crippen molar-refractivity contribution in [1.82, 2.24) is 16.0 Å². The van der Waals surface area contributed by atoms with Crippen LogP contribution in [0.1, 0.15) is 260 Å². The van der Waals surface area contributed by atoms with Crippen molar-refractivity contribution in [1.29, 1.82) is 0 Å². The van der Waals surface area contributed by atoms with E-state index in [2.05, 4.69) is 89.7 Å². The number of aliphatic hydroxyl groups excluding tert-OH is 2. The third kappa shape index (κ3) is 37.2. The molecule has 0 aliphatic carbocycles. The third-order valence-electron chi connectivity index (χ3n) is 21.1. The Labute approximate surface area is 674 Å². The number of ketones is 1. The van der Waals surface area contributed by atoms with Gasteiger partial charge in [0, 0.05) is 35.8 Å². The Hall–Kier alpha value is -6.45. The van der Waals surface area contributed by atoms with Crippen LogP contribution >= 0.6 is 11.6 Å². The number of rotatable bonds is 31. The normalized spacial score (nSPS) is 13.3. The molecule has 0 bridgehead atoms. The summed E-state index contributed by atoms with van der Waals surface area (Å²) in [4.78, 5) is 98.1. The van der Waals surface area contributed by atoms with Crippen LogP contribution in [0.15, 0.2) is 121 Å². The molecule has 0 heterocycles. The number of aliphatic hydroxyl groups is 2. The molecule has 0 saturated heterocycles. The minimum atomic E-state index is -0.630. The number of halogens is 3. The molecule has 0 spiro atoms. The van der Waals surface area contributed by atoms with Gasteiger partial charge in [0.15, 0.2) is 6.04 Å². The highest BCUT2D eigenvalue weighted by molar-refractivity contribution is 6.64. The van der Waals surface area contributed by atoms with Gasteiger partial charge in [0.25, 0.3) is 5.91 Å². The summed E-state index contributed by atoms with van der Waals surface area (Å²) in [5, 5.41) is 24.7. The summed E-state index contributed by atoms with van der Waals surface area (Å²) in [6.07, 6.45) is 0.512. The van der Waals surface area contributed by atoms with Crippen molar-refractivity contribution in [2.75, 3.05) is 26.9 Å². The van der Waals surface area contributed by atoms with E-state index in [1.165, 1.54) is 0 Å². The van der Waals surface area contributed by atoms with E-state index in [-0.39, 0.29) is 144 Å². The van der Waals surface area contributed by atoms with Crippen molar-refractivity contribution in [3.63, 3.8) is 0 Å². The number of Topliss-reactive ketones (excluding diaryl/α,β-unsaturated/α-hetero) is 1. The molecule has 4 aromatic rings. The van der Waals surface area contributed by atoms with E-state index < -0.39 is 52.1 Å². The predicted octanol–water partition coefficient (Wildman–Crippen LogP) is 9.98. The highest BCUT2D eigenvalue weighted by atomic mass is 35.5. The quantitative estimate of drug-likeness (QED) is 0.0140. The number of amides is 3. The molecule has 4 aromatic carbocycles. The second-order valence-electron chi connectivity index (χ2n) is 33.2. The van der Waals surface area contributed by atoms with Crippen LogP contribution in [0.3, 0.4) is 0 Å². The fourth-order valence-corrected chi connectivity index (χ4v) is 11.8. The summed E-state index contributed by atoms with van der Waals surface area (Å²) in [5.41, 5.74) is 8.72. The number of carbonyl (C=O) groups excluding carboxylic acids is 8. The molecule has 22 heteroatoms. The summed E-state index contributed by atoms with van der Waals surface area (Å²) >= 11 is 5.54. The molecule has 6 atom stereocenters. The molecule has 622 valence electrons. The highest BCUT2D eigenvalue weighted by Crippen LogP contribution is 2.41. The zero-order valence-electron chi connectivity index (χ0n) is 71.7. The van der Waals surface area contributed by atoms with Crippen molar-refractivity contribution in [3.05, 3.63) is 144 Å². The van der Waals surface area contributed by atoms with Crippen LogP contribution in [0.25, 0.3) is 0 Å². The first-order valence-corrected chi connectivity index (χ1v) is 38.5. The Morgan fingerprint density at radius 1 is 0.413 bits per heavy atom. The number of ether oxygens (including phenoxy) is 4.